The predicted molar refractivity (Wildman–Crippen MR) is 112 cm³/mol. The van der Waals surface area contributed by atoms with Gasteiger partial charge in [-0.2, -0.15) is 0 Å². The Morgan fingerprint density at radius 2 is 1.61 bits per heavy atom. The number of imidazole rings is 1. The molecule has 0 bridgehead atoms. The molecule has 146 valence electrons. The Labute approximate surface area is 165 Å². The maximum atomic E-state index is 12.7. The Hall–Kier alpha value is -2.65. The van der Waals surface area contributed by atoms with Crippen LogP contribution < -0.4 is 0 Å². The fraction of sp³-hybridized carbons (Fsp3) is 0.273. The van der Waals surface area contributed by atoms with Crippen LogP contribution in [0.3, 0.4) is 0 Å². The highest BCUT2D eigenvalue weighted by Crippen LogP contribution is 2.36. The summed E-state index contributed by atoms with van der Waals surface area (Å²) in [5.41, 5.74) is 2.51. The van der Waals surface area contributed by atoms with Gasteiger partial charge in [0.15, 0.2) is 0 Å². The van der Waals surface area contributed by atoms with Crippen molar-refractivity contribution in [2.24, 2.45) is 0 Å². The fourth-order valence-electron chi connectivity index (χ4n) is 3.14. The Bertz CT molecular complexity index is 909. The van der Waals surface area contributed by atoms with Crippen molar-refractivity contribution in [3.05, 3.63) is 90.0 Å². The highest BCUT2D eigenvalue weighted by molar-refractivity contribution is 7.62. The molecule has 0 aliphatic rings. The summed E-state index contributed by atoms with van der Waals surface area (Å²) in [4.78, 5) is 16.9. The van der Waals surface area contributed by atoms with E-state index in [9.17, 15) is 9.36 Å². The van der Waals surface area contributed by atoms with E-state index in [2.05, 4.69) is 4.98 Å². The second kappa shape index (κ2) is 9.03. The Balaban J connectivity index is 1.84. The van der Waals surface area contributed by atoms with E-state index in [1.165, 1.54) is 6.20 Å². The summed E-state index contributed by atoms with van der Waals surface area (Å²) in [5.74, 6) is -0.420. The lowest BCUT2D eigenvalue weighted by molar-refractivity contribution is 0.0492. The summed E-state index contributed by atoms with van der Waals surface area (Å²) in [6.07, 6.45) is 4.35. The second-order valence-electron chi connectivity index (χ2n) is 7.20. The molecule has 0 fully saturated rings. The molecule has 0 unspecified atom stereocenters. The zero-order valence-corrected chi connectivity index (χ0v) is 17.1. The fourth-order valence-corrected chi connectivity index (χ4v) is 4.03. The van der Waals surface area contributed by atoms with Gasteiger partial charge in [-0.05, 0) is 30.9 Å². The van der Waals surface area contributed by atoms with Crippen LogP contribution in [0.15, 0.2) is 73.2 Å². The number of carbonyl (C=O) groups excluding carboxylic acids is 1. The highest BCUT2D eigenvalue weighted by atomic mass is 31.2. The van der Waals surface area contributed by atoms with Crippen molar-refractivity contribution in [1.29, 1.82) is 0 Å². The molecule has 5 nitrogen and oxygen atoms in total. The molecule has 0 amide bonds. The largest absolute Gasteiger partial charge is 0.461 e. The van der Waals surface area contributed by atoms with Gasteiger partial charge in [-0.25, -0.2) is 9.78 Å². The summed E-state index contributed by atoms with van der Waals surface area (Å²) >= 11 is 0. The van der Waals surface area contributed by atoms with Crippen LogP contribution in [0.25, 0.3) is 0 Å². The molecule has 1 aromatic heterocycles. The molecule has 0 spiro atoms. The standard InChI is InChI=1S/C22H25N2O3P/c1-28(2,26)15-9-14-27-22(25)20-16-23-17-24(20)21(18-10-5-3-6-11-18)19-12-7-4-8-13-19/h3-8,10-13,16-17,21H,9,14-15H2,1-2H3. The average molecular weight is 396 g/mol. The van der Waals surface area contributed by atoms with Gasteiger partial charge in [0, 0.05) is 6.16 Å². The van der Waals surface area contributed by atoms with Crippen molar-refractivity contribution in [3.63, 3.8) is 0 Å². The van der Waals surface area contributed by atoms with Gasteiger partial charge in [0.1, 0.15) is 5.69 Å². The molecule has 0 saturated heterocycles. The van der Waals surface area contributed by atoms with E-state index < -0.39 is 13.1 Å². The van der Waals surface area contributed by atoms with E-state index in [0.29, 0.717) is 18.3 Å². The van der Waals surface area contributed by atoms with Crippen molar-refractivity contribution in [2.45, 2.75) is 12.5 Å². The molecule has 0 aliphatic carbocycles. The van der Waals surface area contributed by atoms with E-state index in [4.69, 9.17) is 4.74 Å². The lowest BCUT2D eigenvalue weighted by atomic mass is 9.98. The van der Waals surface area contributed by atoms with Gasteiger partial charge in [0.05, 0.1) is 32.3 Å². The van der Waals surface area contributed by atoms with Gasteiger partial charge in [0.25, 0.3) is 0 Å². The lowest BCUT2D eigenvalue weighted by Gasteiger charge is -2.21. The Kier molecular flexibility index (Phi) is 6.48. The van der Waals surface area contributed by atoms with E-state index in [1.54, 1.807) is 19.7 Å². The van der Waals surface area contributed by atoms with Crippen molar-refractivity contribution in [2.75, 3.05) is 26.1 Å². The van der Waals surface area contributed by atoms with Gasteiger partial charge < -0.3 is 13.9 Å². The van der Waals surface area contributed by atoms with Crippen molar-refractivity contribution in [1.82, 2.24) is 9.55 Å². The molecule has 0 N–H and O–H groups in total. The predicted octanol–water partition coefficient (Wildman–Crippen LogP) is 4.69. The number of aromatic nitrogens is 2. The minimum Gasteiger partial charge on any atom is -0.461 e. The first kappa shape index (κ1) is 20.1. The van der Waals surface area contributed by atoms with Gasteiger partial charge >= 0.3 is 5.97 Å². The number of nitrogens with zero attached hydrogens (tertiary/aromatic N) is 2. The molecule has 3 rings (SSSR count). The minimum atomic E-state index is -2.10. The Morgan fingerprint density at radius 1 is 1.04 bits per heavy atom. The summed E-state index contributed by atoms with van der Waals surface area (Å²) in [6.45, 7) is 3.74. The zero-order valence-electron chi connectivity index (χ0n) is 16.2. The second-order valence-corrected chi connectivity index (χ2v) is 10.8. The van der Waals surface area contributed by atoms with E-state index in [-0.39, 0.29) is 12.6 Å². The number of esters is 1. The van der Waals surface area contributed by atoms with E-state index in [0.717, 1.165) is 11.1 Å². The third-order valence-corrected chi connectivity index (χ3v) is 5.85. The maximum Gasteiger partial charge on any atom is 0.356 e. The number of carbonyl (C=O) groups is 1. The lowest BCUT2D eigenvalue weighted by Crippen LogP contribution is -2.19. The third kappa shape index (κ3) is 5.20. The molecule has 2 aromatic carbocycles. The van der Waals surface area contributed by atoms with Crippen LogP contribution in [0.1, 0.15) is 34.1 Å². The SMILES string of the molecule is CP(C)(=O)CCCOC(=O)c1cncn1C(c1ccccc1)c1ccccc1. The topological polar surface area (TPSA) is 61.2 Å². The van der Waals surface area contributed by atoms with Crippen LogP contribution in [0, 0.1) is 0 Å². The third-order valence-electron chi connectivity index (χ3n) is 4.46. The van der Waals surface area contributed by atoms with Gasteiger partial charge in [-0.15, -0.1) is 0 Å². The molecule has 0 atom stereocenters. The van der Waals surface area contributed by atoms with Crippen LogP contribution in [-0.2, 0) is 9.30 Å². The van der Waals surface area contributed by atoms with Gasteiger partial charge in [-0.1, -0.05) is 60.7 Å². The maximum absolute atomic E-state index is 12.7. The molecule has 3 aromatic rings. The smallest absolute Gasteiger partial charge is 0.356 e. The number of benzene rings is 2. The number of hydrogen-bond acceptors (Lipinski definition) is 4. The van der Waals surface area contributed by atoms with Crippen LogP contribution in [0.2, 0.25) is 0 Å². The first-order valence-corrected chi connectivity index (χ1v) is 12.1. The molecular weight excluding hydrogens is 371 g/mol. The summed E-state index contributed by atoms with van der Waals surface area (Å²) in [5, 5.41) is 0. The quantitative estimate of drug-likeness (QED) is 0.315. The normalized spacial score (nSPS) is 11.5. The number of hydrogen-bond donors (Lipinski definition) is 0. The summed E-state index contributed by atoms with van der Waals surface area (Å²) in [6, 6.07) is 19.8. The van der Waals surface area contributed by atoms with Gasteiger partial charge in [-0.3, -0.25) is 0 Å². The van der Waals surface area contributed by atoms with Crippen LogP contribution in [-0.4, -0.2) is 41.6 Å². The molecule has 1 heterocycles. The first-order chi connectivity index (χ1) is 13.5. The van der Waals surface area contributed by atoms with Crippen molar-refractivity contribution < 1.29 is 14.1 Å². The first-order valence-electron chi connectivity index (χ1n) is 9.28. The summed E-state index contributed by atoms with van der Waals surface area (Å²) in [7, 11) is -2.10. The van der Waals surface area contributed by atoms with Gasteiger partial charge in [0.2, 0.25) is 0 Å². The summed E-state index contributed by atoms with van der Waals surface area (Å²) < 4.78 is 19.1. The molecule has 0 aliphatic heterocycles. The van der Waals surface area contributed by atoms with E-state index >= 15 is 0 Å². The average Bonchev–Trinajstić information content (AvgIpc) is 3.16. The molecule has 0 saturated carbocycles. The Morgan fingerprint density at radius 3 is 2.14 bits per heavy atom. The molecule has 0 radical (unpaired) electrons. The van der Waals surface area contributed by atoms with E-state index in [1.807, 2.05) is 65.2 Å². The zero-order chi connectivity index (χ0) is 20.0. The van der Waals surface area contributed by atoms with Crippen LogP contribution in [0.4, 0.5) is 0 Å². The molecular formula is C22H25N2O3P. The molecule has 6 heteroatoms. The number of rotatable bonds is 8. The number of ether oxygens (including phenoxy) is 1. The monoisotopic (exact) mass is 396 g/mol. The van der Waals surface area contributed by atoms with Crippen molar-refractivity contribution >= 4 is 13.1 Å². The van der Waals surface area contributed by atoms with Crippen molar-refractivity contribution in [3.8, 4) is 0 Å². The minimum absolute atomic E-state index is 0.182. The highest BCUT2D eigenvalue weighted by Gasteiger charge is 2.22. The van der Waals surface area contributed by atoms with Crippen LogP contribution in [0.5, 0.6) is 0 Å². The molecule has 28 heavy (non-hydrogen) atoms. The van der Waals surface area contributed by atoms with Crippen LogP contribution >= 0.6 is 7.14 Å².